The van der Waals surface area contributed by atoms with Crippen molar-refractivity contribution in [2.45, 2.75) is 50.2 Å². The molecule has 0 spiro atoms. The number of hydrogen-bond donors (Lipinski definition) is 6. The van der Waals surface area contributed by atoms with Gasteiger partial charge in [0, 0.05) is 0 Å². The van der Waals surface area contributed by atoms with Crippen LogP contribution in [0.25, 0.3) is 11.2 Å². The van der Waals surface area contributed by atoms with Crippen LogP contribution in [0.15, 0.2) is 12.7 Å². The maximum atomic E-state index is 12.3. The summed E-state index contributed by atoms with van der Waals surface area (Å²) in [5.41, 5.74) is 4.39. The quantitative estimate of drug-likeness (QED) is 0.249. The molecule has 0 amide bonds. The second-order valence-electron chi connectivity index (χ2n) is 6.89. The Bertz CT molecular complexity index is 1030. The molecule has 1 aliphatic rings. The highest BCUT2D eigenvalue weighted by molar-refractivity contribution is 7.60. The molecule has 15 nitrogen and oxygen atoms in total. The Kier molecular flexibility index (Phi) is 6.84. The van der Waals surface area contributed by atoms with E-state index in [4.69, 9.17) is 24.8 Å². The second kappa shape index (κ2) is 8.79. The summed E-state index contributed by atoms with van der Waals surface area (Å²) in [4.78, 5) is 39.8. The number of aliphatic hydroxyl groups is 2. The summed E-state index contributed by atoms with van der Waals surface area (Å²) >= 11 is 0. The number of nitrogens with zero attached hydrogens (tertiary/aromatic N) is 4. The van der Waals surface area contributed by atoms with E-state index in [0.717, 1.165) is 6.33 Å². The first-order chi connectivity index (χ1) is 14.4. The molecule has 1 aliphatic heterocycles. The Morgan fingerprint density at radius 3 is 2.61 bits per heavy atom. The summed E-state index contributed by atoms with van der Waals surface area (Å²) in [6.45, 7) is 1.17. The third-order valence-corrected chi connectivity index (χ3v) is 6.96. The van der Waals surface area contributed by atoms with Crippen molar-refractivity contribution >= 4 is 32.6 Å². The lowest BCUT2D eigenvalue weighted by Crippen LogP contribution is -2.47. The first kappa shape index (κ1) is 24.1. The second-order valence-corrected chi connectivity index (χ2v) is 9.67. The van der Waals surface area contributed by atoms with Gasteiger partial charge in [0.25, 0.3) is 0 Å². The average Bonchev–Trinajstić information content (AvgIpc) is 3.20. The summed E-state index contributed by atoms with van der Waals surface area (Å²) in [6.07, 6.45) is -1.09. The molecule has 17 heteroatoms. The van der Waals surface area contributed by atoms with Gasteiger partial charge in [-0.3, -0.25) is 9.09 Å². The minimum atomic E-state index is -5.42. The van der Waals surface area contributed by atoms with Crippen molar-refractivity contribution in [3.05, 3.63) is 12.7 Å². The van der Waals surface area contributed by atoms with Crippen LogP contribution in [-0.4, -0.2) is 69.3 Å². The van der Waals surface area contributed by atoms with E-state index in [2.05, 4.69) is 19.3 Å². The predicted molar refractivity (Wildman–Crippen MR) is 103 cm³/mol. The summed E-state index contributed by atoms with van der Waals surface area (Å²) in [5, 5.41) is 20.3. The fourth-order valence-electron chi connectivity index (χ4n) is 3.52. The van der Waals surface area contributed by atoms with Crippen molar-refractivity contribution < 1.29 is 47.6 Å². The molecule has 3 rings (SSSR count). The van der Waals surface area contributed by atoms with E-state index in [-0.39, 0.29) is 23.4 Å². The van der Waals surface area contributed by atoms with Gasteiger partial charge in [-0.15, -0.1) is 0 Å². The molecule has 3 heterocycles. The number of anilines is 1. The molecule has 174 valence electrons. The topological polar surface area (TPSA) is 233 Å². The molecule has 0 aromatic carbocycles. The number of imidazole rings is 1. The van der Waals surface area contributed by atoms with Crippen molar-refractivity contribution in [3.63, 3.8) is 0 Å². The zero-order chi connectivity index (χ0) is 23.0. The summed E-state index contributed by atoms with van der Waals surface area (Å²) < 4.78 is 39.5. The molecular formula is C14H23N5O10P2. The molecule has 5 atom stereocenters. The van der Waals surface area contributed by atoms with E-state index in [1.165, 1.54) is 10.9 Å². The number of aliphatic hydroxyl groups excluding tert-OH is 2. The maximum absolute atomic E-state index is 12.3. The number of phosphoric acid groups is 2. The largest absolute Gasteiger partial charge is 0.481 e. The van der Waals surface area contributed by atoms with Crippen LogP contribution >= 0.6 is 15.6 Å². The summed E-state index contributed by atoms with van der Waals surface area (Å²) in [7, 11) is -10.8. The lowest BCUT2D eigenvalue weighted by molar-refractivity contribution is -0.148. The number of ether oxygens (including phenoxy) is 1. The number of phosphoric ester groups is 1. The number of unbranched alkanes of at least 4 members (excludes halogenated alkanes) is 1. The number of aromatic nitrogens is 4. The molecular weight excluding hydrogens is 460 g/mol. The number of nitrogen functional groups attached to an aromatic ring is 1. The Morgan fingerprint density at radius 1 is 1.29 bits per heavy atom. The van der Waals surface area contributed by atoms with Gasteiger partial charge >= 0.3 is 15.6 Å². The molecule has 7 N–H and O–H groups in total. The number of fused-ring (bicyclic) bond motifs is 1. The molecule has 1 saturated heterocycles. The van der Waals surface area contributed by atoms with Crippen molar-refractivity contribution in [1.29, 1.82) is 0 Å². The highest BCUT2D eigenvalue weighted by Gasteiger charge is 2.59. The van der Waals surface area contributed by atoms with E-state index in [0.29, 0.717) is 12.8 Å². The van der Waals surface area contributed by atoms with Crippen molar-refractivity contribution in [3.8, 4) is 0 Å². The van der Waals surface area contributed by atoms with E-state index in [9.17, 15) is 24.2 Å². The molecule has 1 unspecified atom stereocenters. The van der Waals surface area contributed by atoms with Crippen LogP contribution in [0, 0.1) is 0 Å². The van der Waals surface area contributed by atoms with Crippen molar-refractivity contribution in [2.24, 2.45) is 0 Å². The van der Waals surface area contributed by atoms with Crippen LogP contribution in [0.1, 0.15) is 26.2 Å². The van der Waals surface area contributed by atoms with Crippen LogP contribution in [0.3, 0.4) is 0 Å². The molecule has 1 fully saturated rings. The van der Waals surface area contributed by atoms with Crippen LogP contribution in [-0.2, 0) is 28.4 Å². The molecule has 0 saturated carbocycles. The van der Waals surface area contributed by atoms with E-state index in [1.54, 1.807) is 0 Å². The van der Waals surface area contributed by atoms with E-state index in [1.807, 2.05) is 6.92 Å². The minimum absolute atomic E-state index is 0.0433. The molecule has 2 aromatic heterocycles. The lowest BCUT2D eigenvalue weighted by Gasteiger charge is -2.36. The highest BCUT2D eigenvalue weighted by Crippen LogP contribution is 2.60. The first-order valence-corrected chi connectivity index (χ1v) is 12.2. The fraction of sp³-hybridized carbons (Fsp3) is 0.643. The molecule has 2 aromatic rings. The standard InChI is InChI=1S/C14H23N5O10P2/c1-2-3-4-14(19-7-18-9-12(15)16-6-17-13(9)19)11(10(21)8(5-20)27-14)28-31(25,26)29-30(22,23)24/h6-8,10-11,20-21H,2-5H2,1H3,(H,25,26)(H2,15,16,17)(H2,22,23,24)/t8-,10-,11-,14-/m1/s1. The lowest BCUT2D eigenvalue weighted by atomic mass is 9.96. The Balaban J connectivity index is 2.15. The SMILES string of the molecule is CCCC[C@@]1(n2cnc3c(N)ncnc32)O[C@H](CO)[C@@H](O)[C@H]1OP(=O)(O)OP(=O)(O)O. The van der Waals surface area contributed by atoms with Gasteiger partial charge in [0.1, 0.15) is 30.2 Å². The average molecular weight is 483 g/mol. The maximum Gasteiger partial charge on any atom is 0.481 e. The van der Waals surface area contributed by atoms with E-state index >= 15 is 0 Å². The Morgan fingerprint density at radius 2 is 2.00 bits per heavy atom. The third-order valence-electron chi connectivity index (χ3n) is 4.79. The normalized spacial score (nSPS) is 28.8. The molecule has 31 heavy (non-hydrogen) atoms. The number of hydrogen-bond acceptors (Lipinski definition) is 11. The van der Waals surface area contributed by atoms with Crippen molar-refractivity contribution in [1.82, 2.24) is 19.5 Å². The first-order valence-electron chi connectivity index (χ1n) is 9.13. The molecule has 0 bridgehead atoms. The minimum Gasteiger partial charge on any atom is -0.394 e. The van der Waals surface area contributed by atoms with Gasteiger partial charge in [-0.1, -0.05) is 13.3 Å². The molecule has 0 radical (unpaired) electrons. The molecule has 0 aliphatic carbocycles. The van der Waals surface area contributed by atoms with Gasteiger partial charge in [0.15, 0.2) is 17.2 Å². The van der Waals surface area contributed by atoms with Gasteiger partial charge in [-0.05, 0) is 12.8 Å². The van der Waals surface area contributed by atoms with Gasteiger partial charge in [-0.2, -0.15) is 4.31 Å². The van der Waals surface area contributed by atoms with Gasteiger partial charge in [-0.25, -0.2) is 24.1 Å². The third kappa shape index (κ3) is 4.81. The van der Waals surface area contributed by atoms with Crippen molar-refractivity contribution in [2.75, 3.05) is 12.3 Å². The van der Waals surface area contributed by atoms with Crippen LogP contribution in [0.2, 0.25) is 0 Å². The van der Waals surface area contributed by atoms with Crippen LogP contribution in [0.4, 0.5) is 5.82 Å². The summed E-state index contributed by atoms with van der Waals surface area (Å²) in [6, 6.07) is 0. The van der Waals surface area contributed by atoms with Crippen LogP contribution in [0.5, 0.6) is 0 Å². The highest BCUT2D eigenvalue weighted by atomic mass is 31.3. The van der Waals surface area contributed by atoms with E-state index < -0.39 is 46.3 Å². The summed E-state index contributed by atoms with van der Waals surface area (Å²) in [5.74, 6) is 0.0433. The Labute approximate surface area is 175 Å². The predicted octanol–water partition coefficient (Wildman–Crippen LogP) is -0.402. The zero-order valence-corrected chi connectivity index (χ0v) is 18.0. The number of rotatable bonds is 9. The smallest absolute Gasteiger partial charge is 0.394 e. The van der Waals surface area contributed by atoms with Gasteiger partial charge in [0.05, 0.1) is 12.9 Å². The monoisotopic (exact) mass is 483 g/mol. The zero-order valence-electron chi connectivity index (χ0n) is 16.3. The fourth-order valence-corrected chi connectivity index (χ4v) is 5.33. The van der Waals surface area contributed by atoms with Gasteiger partial charge in [0.2, 0.25) is 0 Å². The van der Waals surface area contributed by atoms with Gasteiger partial charge < -0.3 is 35.4 Å². The van der Waals surface area contributed by atoms with Crippen LogP contribution < -0.4 is 5.73 Å². The Hall–Kier alpha value is -1.51. The number of nitrogens with two attached hydrogens (primary N) is 1.